The Bertz CT molecular complexity index is 1470. The Labute approximate surface area is 250 Å². The van der Waals surface area contributed by atoms with Gasteiger partial charge in [-0.2, -0.15) is 4.99 Å². The first-order valence-corrected chi connectivity index (χ1v) is 14.2. The van der Waals surface area contributed by atoms with Crippen LogP contribution < -0.4 is 10.6 Å². The van der Waals surface area contributed by atoms with Gasteiger partial charge in [-0.3, -0.25) is 10.2 Å². The monoisotopic (exact) mass is 587 g/mol. The lowest BCUT2D eigenvalue weighted by Crippen LogP contribution is -2.52. The molecule has 2 heterocycles. The fourth-order valence-electron chi connectivity index (χ4n) is 4.96. The van der Waals surface area contributed by atoms with E-state index in [-0.39, 0.29) is 16.2 Å². The average Bonchev–Trinajstić information content (AvgIpc) is 2.96. The number of nitrogens with zero attached hydrogens (tertiary/aromatic N) is 5. The molecule has 0 atom stereocenters. The standard InChI is InChI=1S/C31H31ClFN7S/c1-21-19-22(2)35-29(34-21)37-30(38-31(41)36-25-13-14-27(33)26(32)20-25)40-17-15-39(16-18-40)28(23-9-5-3-6-10-23)24-11-7-4-8-12-24/h3-14,19-20,28H,15-18H2,1-2H3,(H2,34,35,36,37,38,41). The topological polar surface area (TPSA) is 68.7 Å². The Morgan fingerprint density at radius 3 is 2.00 bits per heavy atom. The highest BCUT2D eigenvalue weighted by atomic mass is 35.5. The van der Waals surface area contributed by atoms with Gasteiger partial charge < -0.3 is 10.2 Å². The highest BCUT2D eigenvalue weighted by molar-refractivity contribution is 7.80. The smallest absolute Gasteiger partial charge is 0.229 e. The van der Waals surface area contributed by atoms with Gasteiger partial charge in [0.05, 0.1) is 11.1 Å². The first-order chi connectivity index (χ1) is 19.9. The average molecular weight is 588 g/mol. The second kappa shape index (κ2) is 13.2. The van der Waals surface area contributed by atoms with Crippen molar-refractivity contribution in [1.29, 1.82) is 0 Å². The van der Waals surface area contributed by atoms with E-state index in [1.54, 1.807) is 6.07 Å². The minimum absolute atomic E-state index is 0.00581. The molecule has 0 amide bonds. The van der Waals surface area contributed by atoms with Gasteiger partial charge in [-0.15, -0.1) is 0 Å². The van der Waals surface area contributed by atoms with Crippen LogP contribution in [0, 0.1) is 19.7 Å². The van der Waals surface area contributed by atoms with Gasteiger partial charge in [-0.1, -0.05) is 72.3 Å². The summed E-state index contributed by atoms with van der Waals surface area (Å²) in [7, 11) is 0. The number of anilines is 2. The van der Waals surface area contributed by atoms with Gasteiger partial charge in [-0.25, -0.2) is 14.4 Å². The third-order valence-corrected chi connectivity index (χ3v) is 7.28. The summed E-state index contributed by atoms with van der Waals surface area (Å²) in [6.07, 6.45) is 0. The quantitative estimate of drug-likeness (QED) is 0.158. The van der Waals surface area contributed by atoms with E-state index in [2.05, 4.69) is 78.9 Å². The second-order valence-electron chi connectivity index (χ2n) is 9.84. The van der Waals surface area contributed by atoms with Crippen molar-refractivity contribution in [2.75, 3.05) is 36.8 Å². The molecule has 1 aromatic heterocycles. The predicted molar refractivity (Wildman–Crippen MR) is 168 cm³/mol. The van der Waals surface area contributed by atoms with Gasteiger partial charge in [0.2, 0.25) is 17.0 Å². The SMILES string of the molecule is Cc1cc(C)nc(N/C(=N/C(=S)Nc2ccc(F)c(Cl)c2)N2CCN(C(c3ccccc3)c3ccccc3)CC2)n1. The maximum atomic E-state index is 13.6. The molecule has 0 spiro atoms. The molecule has 41 heavy (non-hydrogen) atoms. The summed E-state index contributed by atoms with van der Waals surface area (Å²) in [5, 5.41) is 6.54. The molecule has 2 N–H and O–H groups in total. The molecular formula is C31H31ClFN7S. The van der Waals surface area contributed by atoms with Gasteiger partial charge in [0.25, 0.3) is 0 Å². The van der Waals surface area contributed by atoms with Crippen LogP contribution in [0.5, 0.6) is 0 Å². The first-order valence-electron chi connectivity index (χ1n) is 13.4. The molecule has 7 nitrogen and oxygen atoms in total. The van der Waals surface area contributed by atoms with Gasteiger partial charge >= 0.3 is 0 Å². The van der Waals surface area contributed by atoms with Gasteiger partial charge in [0, 0.05) is 43.3 Å². The van der Waals surface area contributed by atoms with Crippen LogP contribution in [0.3, 0.4) is 0 Å². The van der Waals surface area contributed by atoms with Crippen molar-refractivity contribution >= 4 is 46.5 Å². The van der Waals surface area contributed by atoms with Crippen molar-refractivity contribution in [3.63, 3.8) is 0 Å². The predicted octanol–water partition coefficient (Wildman–Crippen LogP) is 6.46. The molecule has 5 rings (SSSR count). The zero-order valence-corrected chi connectivity index (χ0v) is 24.5. The van der Waals surface area contributed by atoms with Crippen LogP contribution in [0.4, 0.5) is 16.0 Å². The van der Waals surface area contributed by atoms with E-state index in [0.717, 1.165) is 24.5 Å². The van der Waals surface area contributed by atoms with E-state index in [0.29, 0.717) is 30.7 Å². The summed E-state index contributed by atoms with van der Waals surface area (Å²) in [4.78, 5) is 18.4. The van der Waals surface area contributed by atoms with Crippen molar-refractivity contribution < 1.29 is 4.39 Å². The lowest BCUT2D eigenvalue weighted by molar-refractivity contribution is 0.150. The van der Waals surface area contributed by atoms with E-state index < -0.39 is 5.82 Å². The summed E-state index contributed by atoms with van der Waals surface area (Å²) in [6.45, 7) is 6.86. The Kier molecular flexibility index (Phi) is 9.18. The van der Waals surface area contributed by atoms with Crippen molar-refractivity contribution in [3.8, 4) is 0 Å². The maximum Gasteiger partial charge on any atom is 0.229 e. The summed E-state index contributed by atoms with van der Waals surface area (Å²) in [5.41, 5.74) is 4.75. The van der Waals surface area contributed by atoms with Crippen molar-refractivity contribution in [1.82, 2.24) is 19.8 Å². The van der Waals surface area contributed by atoms with E-state index in [1.165, 1.54) is 23.3 Å². The second-order valence-corrected chi connectivity index (χ2v) is 10.6. The van der Waals surface area contributed by atoms with Crippen LogP contribution in [0.25, 0.3) is 0 Å². The fraction of sp³-hybridized carbons (Fsp3) is 0.226. The zero-order valence-electron chi connectivity index (χ0n) is 22.9. The molecule has 3 aromatic carbocycles. The summed E-state index contributed by atoms with van der Waals surface area (Å²) in [5.74, 6) is 0.488. The number of hydrogen-bond donors (Lipinski definition) is 2. The van der Waals surface area contributed by atoms with Crippen LogP contribution in [0.1, 0.15) is 28.6 Å². The molecule has 0 unspecified atom stereocenters. The lowest BCUT2D eigenvalue weighted by atomic mass is 9.96. The number of aliphatic imine (C=N–C) groups is 1. The minimum atomic E-state index is -0.497. The Morgan fingerprint density at radius 2 is 1.44 bits per heavy atom. The first kappa shape index (κ1) is 28.6. The number of piperazine rings is 1. The lowest BCUT2D eigenvalue weighted by Gasteiger charge is -2.40. The van der Waals surface area contributed by atoms with E-state index in [9.17, 15) is 4.39 Å². The highest BCUT2D eigenvalue weighted by Gasteiger charge is 2.28. The Hall–Kier alpha value is -3.92. The van der Waals surface area contributed by atoms with Gasteiger partial charge in [-0.05, 0) is 61.5 Å². The summed E-state index contributed by atoms with van der Waals surface area (Å²) in [6, 6.07) is 27.5. The molecule has 1 aliphatic heterocycles. The molecule has 0 aliphatic carbocycles. The number of hydrogen-bond acceptors (Lipinski definition) is 4. The molecule has 0 saturated carbocycles. The molecule has 0 bridgehead atoms. The van der Waals surface area contributed by atoms with Crippen molar-refractivity contribution in [2.24, 2.45) is 4.99 Å². The normalized spacial score (nSPS) is 14.3. The van der Waals surface area contributed by atoms with Crippen LogP contribution in [-0.4, -0.2) is 57.0 Å². The number of aromatic nitrogens is 2. The van der Waals surface area contributed by atoms with Crippen LogP contribution >= 0.6 is 23.8 Å². The number of nitrogens with one attached hydrogen (secondary N) is 2. The fourth-order valence-corrected chi connectivity index (χ4v) is 5.34. The molecule has 1 saturated heterocycles. The molecule has 1 aliphatic rings. The van der Waals surface area contributed by atoms with Gasteiger partial charge in [0.1, 0.15) is 5.82 Å². The van der Waals surface area contributed by atoms with E-state index in [1.807, 2.05) is 32.0 Å². The number of guanidine groups is 1. The number of aryl methyl sites for hydroxylation is 2. The number of rotatable bonds is 5. The summed E-state index contributed by atoms with van der Waals surface area (Å²) >= 11 is 11.5. The Balaban J connectivity index is 1.38. The van der Waals surface area contributed by atoms with Crippen molar-refractivity contribution in [3.05, 3.63) is 118 Å². The van der Waals surface area contributed by atoms with Gasteiger partial charge in [0.15, 0.2) is 0 Å². The van der Waals surface area contributed by atoms with Crippen LogP contribution in [-0.2, 0) is 0 Å². The van der Waals surface area contributed by atoms with E-state index >= 15 is 0 Å². The Morgan fingerprint density at radius 1 is 0.854 bits per heavy atom. The third-order valence-electron chi connectivity index (χ3n) is 6.79. The molecular weight excluding hydrogens is 557 g/mol. The van der Waals surface area contributed by atoms with E-state index in [4.69, 9.17) is 28.8 Å². The maximum absolute atomic E-state index is 13.6. The largest absolute Gasteiger partial charge is 0.340 e. The molecule has 210 valence electrons. The number of halogens is 2. The molecule has 1 fully saturated rings. The minimum Gasteiger partial charge on any atom is -0.340 e. The third kappa shape index (κ3) is 7.43. The van der Waals surface area contributed by atoms with Crippen molar-refractivity contribution in [2.45, 2.75) is 19.9 Å². The summed E-state index contributed by atoms with van der Waals surface area (Å²) < 4.78 is 13.6. The molecule has 4 aromatic rings. The number of benzene rings is 3. The molecule has 0 radical (unpaired) electrons. The van der Waals surface area contributed by atoms with Crippen LogP contribution in [0.2, 0.25) is 5.02 Å². The zero-order chi connectivity index (χ0) is 28.8. The highest BCUT2D eigenvalue weighted by Crippen LogP contribution is 2.29. The van der Waals surface area contributed by atoms with Crippen LogP contribution in [0.15, 0.2) is 89.9 Å². The number of thiocarbonyl (C=S) groups is 1. The molecule has 10 heteroatoms.